The van der Waals surface area contributed by atoms with Gasteiger partial charge in [0.15, 0.2) is 6.29 Å². The van der Waals surface area contributed by atoms with Crippen molar-refractivity contribution in [1.29, 1.82) is 0 Å². The Labute approximate surface area is 224 Å². The number of benzene rings is 1. The lowest BCUT2D eigenvalue weighted by molar-refractivity contribution is -0.216. The van der Waals surface area contributed by atoms with Crippen LogP contribution >= 0.6 is 0 Å². The first-order chi connectivity index (χ1) is 18.9. The first-order valence-electron chi connectivity index (χ1n) is 12.6. The number of pyridine rings is 1. The van der Waals surface area contributed by atoms with E-state index in [1.165, 1.54) is 6.07 Å². The molecular weight excluding hydrogens is 505 g/mol. The molecule has 0 amide bonds. The van der Waals surface area contributed by atoms with Crippen LogP contribution in [0.3, 0.4) is 0 Å². The lowest BCUT2D eigenvalue weighted by Gasteiger charge is -2.30. The number of rotatable bonds is 9. The second-order valence-electron chi connectivity index (χ2n) is 9.33. The molecule has 0 unspecified atom stereocenters. The van der Waals surface area contributed by atoms with Crippen molar-refractivity contribution in [2.45, 2.75) is 45.2 Å². The van der Waals surface area contributed by atoms with Crippen LogP contribution in [0.25, 0.3) is 0 Å². The lowest BCUT2D eigenvalue weighted by atomic mass is 9.98. The Morgan fingerprint density at radius 3 is 2.54 bits per heavy atom. The summed E-state index contributed by atoms with van der Waals surface area (Å²) in [5.74, 6) is 0.700. The van der Waals surface area contributed by atoms with E-state index in [0.29, 0.717) is 28.8 Å². The summed E-state index contributed by atoms with van der Waals surface area (Å²) in [5.41, 5.74) is 8.17. The maximum atomic E-state index is 13.6. The van der Waals surface area contributed by atoms with Crippen molar-refractivity contribution in [2.24, 2.45) is 0 Å². The second-order valence-corrected chi connectivity index (χ2v) is 9.33. The Hall–Kier alpha value is -4.29. The molecule has 0 bridgehead atoms. The van der Waals surface area contributed by atoms with Gasteiger partial charge in [-0.2, -0.15) is 9.97 Å². The number of hydrogen-bond donors (Lipinski definition) is 3. The molecule has 1 aliphatic rings. The molecule has 0 saturated carbocycles. The molecule has 4 aromatic rings. The Balaban J connectivity index is 1.43. The molecule has 1 fully saturated rings. The van der Waals surface area contributed by atoms with Gasteiger partial charge in [-0.3, -0.25) is 10.1 Å². The van der Waals surface area contributed by atoms with E-state index in [4.69, 9.17) is 24.7 Å². The smallest absolute Gasteiger partial charge is 0.234 e. The number of aromatic nitrogens is 5. The van der Waals surface area contributed by atoms with Crippen molar-refractivity contribution in [3.05, 3.63) is 77.4 Å². The Morgan fingerprint density at radius 2 is 1.85 bits per heavy atom. The van der Waals surface area contributed by atoms with Crippen LogP contribution in [0.5, 0.6) is 11.8 Å². The van der Waals surface area contributed by atoms with E-state index in [9.17, 15) is 4.39 Å². The van der Waals surface area contributed by atoms with E-state index in [0.717, 1.165) is 11.8 Å². The minimum absolute atomic E-state index is 0.00603. The number of nitrogen functional groups attached to an aromatic ring is 1. The Morgan fingerprint density at radius 1 is 1.08 bits per heavy atom. The van der Waals surface area contributed by atoms with Gasteiger partial charge in [0.05, 0.1) is 31.1 Å². The van der Waals surface area contributed by atoms with Crippen LogP contribution in [0.15, 0.2) is 54.7 Å². The first kappa shape index (κ1) is 26.3. The highest BCUT2D eigenvalue weighted by atomic mass is 19.1. The fraction of sp³-hybridized carbons (Fsp3) is 0.333. The van der Waals surface area contributed by atoms with Crippen LogP contribution in [-0.4, -0.2) is 50.6 Å². The summed E-state index contributed by atoms with van der Waals surface area (Å²) in [7, 11) is 0. The van der Waals surface area contributed by atoms with Gasteiger partial charge in [0.25, 0.3) is 0 Å². The van der Waals surface area contributed by atoms with Crippen molar-refractivity contribution in [2.75, 3.05) is 24.3 Å². The molecular formula is C27H30FN7O4. The minimum atomic E-state index is -0.483. The molecule has 204 valence electrons. The number of anilines is 3. The zero-order valence-corrected chi connectivity index (χ0v) is 21.8. The van der Waals surface area contributed by atoms with Gasteiger partial charge in [-0.25, -0.2) is 4.39 Å². The van der Waals surface area contributed by atoms with Gasteiger partial charge < -0.3 is 30.0 Å². The summed E-state index contributed by atoms with van der Waals surface area (Å²) in [5, 5.41) is 10.2. The fourth-order valence-corrected chi connectivity index (χ4v) is 4.14. The summed E-state index contributed by atoms with van der Waals surface area (Å²) >= 11 is 0. The molecule has 4 heterocycles. The third-order valence-electron chi connectivity index (χ3n) is 5.94. The minimum Gasteiger partial charge on any atom is -0.474 e. The standard InChI is InChI=1S/C27H30FN7O4/c1-15(2)38-22-11-21(34-35-22)31-24-23(16(3)20-10-9-18(28)12-30-20)25(33-27(29)32-24)39-19-13-36-26(37-14-19)17-7-5-4-6-8-17/h4-12,15-16,19,26H,13-14H2,1-3H3,(H4,29,31,32,33,34,35)/t16-,19?,26?/m1/s1. The molecule has 11 nitrogen and oxygen atoms in total. The summed E-state index contributed by atoms with van der Waals surface area (Å²) in [6.07, 6.45) is 0.173. The van der Waals surface area contributed by atoms with E-state index in [-0.39, 0.29) is 31.1 Å². The number of ether oxygens (including phenoxy) is 4. The monoisotopic (exact) mass is 535 g/mol. The van der Waals surface area contributed by atoms with Gasteiger partial charge in [-0.1, -0.05) is 37.3 Å². The molecule has 3 aromatic heterocycles. The molecule has 12 heteroatoms. The zero-order valence-electron chi connectivity index (χ0n) is 21.8. The molecule has 0 spiro atoms. The van der Waals surface area contributed by atoms with Crippen molar-refractivity contribution >= 4 is 17.6 Å². The summed E-state index contributed by atoms with van der Waals surface area (Å²) in [6, 6.07) is 14.3. The average Bonchev–Trinajstić information content (AvgIpc) is 3.35. The maximum Gasteiger partial charge on any atom is 0.234 e. The molecule has 39 heavy (non-hydrogen) atoms. The molecule has 4 N–H and O–H groups in total. The van der Waals surface area contributed by atoms with Crippen LogP contribution in [0.4, 0.5) is 22.0 Å². The van der Waals surface area contributed by atoms with Crippen LogP contribution in [0, 0.1) is 5.82 Å². The number of halogens is 1. The van der Waals surface area contributed by atoms with Gasteiger partial charge in [-0.15, -0.1) is 5.10 Å². The van der Waals surface area contributed by atoms with Gasteiger partial charge in [0, 0.05) is 23.2 Å². The predicted octanol–water partition coefficient (Wildman–Crippen LogP) is 4.49. The maximum absolute atomic E-state index is 13.6. The lowest BCUT2D eigenvalue weighted by Crippen LogP contribution is -2.36. The fourth-order valence-electron chi connectivity index (χ4n) is 4.14. The number of nitrogens with zero attached hydrogens (tertiary/aromatic N) is 4. The highest BCUT2D eigenvalue weighted by Crippen LogP contribution is 2.37. The molecule has 1 saturated heterocycles. The highest BCUT2D eigenvalue weighted by Gasteiger charge is 2.29. The van der Waals surface area contributed by atoms with Gasteiger partial charge >= 0.3 is 0 Å². The van der Waals surface area contributed by atoms with E-state index < -0.39 is 24.1 Å². The summed E-state index contributed by atoms with van der Waals surface area (Å²) in [4.78, 5) is 13.1. The molecule has 1 atom stereocenters. The number of aromatic amines is 1. The third kappa shape index (κ3) is 6.41. The number of H-pyrrole nitrogens is 1. The molecule has 0 aliphatic carbocycles. The average molecular weight is 536 g/mol. The van der Waals surface area contributed by atoms with Crippen LogP contribution in [0.2, 0.25) is 0 Å². The van der Waals surface area contributed by atoms with E-state index in [1.54, 1.807) is 12.1 Å². The van der Waals surface area contributed by atoms with Gasteiger partial charge in [0.2, 0.25) is 17.7 Å². The van der Waals surface area contributed by atoms with E-state index in [1.807, 2.05) is 51.1 Å². The van der Waals surface area contributed by atoms with E-state index >= 15 is 0 Å². The third-order valence-corrected chi connectivity index (χ3v) is 5.94. The quantitative estimate of drug-likeness (QED) is 0.280. The Kier molecular flexibility index (Phi) is 7.84. The van der Waals surface area contributed by atoms with Crippen molar-refractivity contribution in [1.82, 2.24) is 25.1 Å². The van der Waals surface area contributed by atoms with Crippen molar-refractivity contribution in [3.63, 3.8) is 0 Å². The van der Waals surface area contributed by atoms with Crippen LogP contribution < -0.4 is 20.5 Å². The van der Waals surface area contributed by atoms with Gasteiger partial charge in [0.1, 0.15) is 23.6 Å². The Bertz CT molecular complexity index is 1380. The van der Waals surface area contributed by atoms with Crippen LogP contribution in [-0.2, 0) is 9.47 Å². The first-order valence-corrected chi connectivity index (χ1v) is 12.6. The normalized spacial score (nSPS) is 18.1. The van der Waals surface area contributed by atoms with Crippen LogP contribution in [0.1, 0.15) is 49.8 Å². The van der Waals surface area contributed by atoms with Crippen molar-refractivity contribution in [3.8, 4) is 11.8 Å². The number of hydrogen-bond acceptors (Lipinski definition) is 10. The molecule has 0 radical (unpaired) electrons. The molecule has 5 rings (SSSR count). The molecule has 1 aliphatic heterocycles. The topological polar surface area (TPSA) is 142 Å². The van der Waals surface area contributed by atoms with Crippen molar-refractivity contribution < 1.29 is 23.3 Å². The SMILES string of the molecule is CC(C)Oc1cc(Nc2nc(N)nc(OC3COC(c4ccccc4)OC3)c2[C@H](C)c2ccc(F)cn2)[nH]n1. The summed E-state index contributed by atoms with van der Waals surface area (Å²) in [6.45, 7) is 6.25. The number of nitrogens with two attached hydrogens (primary N) is 1. The van der Waals surface area contributed by atoms with E-state index in [2.05, 4.69) is 30.5 Å². The summed E-state index contributed by atoms with van der Waals surface area (Å²) < 4.78 is 37.4. The van der Waals surface area contributed by atoms with Gasteiger partial charge in [-0.05, 0) is 26.0 Å². The second kappa shape index (κ2) is 11.6. The predicted molar refractivity (Wildman–Crippen MR) is 141 cm³/mol. The molecule has 1 aromatic carbocycles. The highest BCUT2D eigenvalue weighted by molar-refractivity contribution is 5.63. The largest absolute Gasteiger partial charge is 0.474 e. The number of nitrogens with one attached hydrogen (secondary N) is 2. The zero-order chi connectivity index (χ0) is 27.4.